The van der Waals surface area contributed by atoms with E-state index in [0.29, 0.717) is 17.3 Å². The minimum atomic E-state index is -3.81. The zero-order valence-corrected chi connectivity index (χ0v) is 25.3. The summed E-state index contributed by atoms with van der Waals surface area (Å²) in [5.74, 6) is -0.590. The largest absolute Gasteiger partial charge is 0.354 e. The molecule has 0 spiro atoms. The molecular formula is C29H33BrClN3O4S. The predicted octanol–water partition coefficient (Wildman–Crippen LogP) is 5.28. The van der Waals surface area contributed by atoms with Gasteiger partial charge in [-0.2, -0.15) is 0 Å². The Bertz CT molecular complexity index is 1350. The lowest BCUT2D eigenvalue weighted by molar-refractivity contribution is -0.140. The zero-order chi connectivity index (χ0) is 28.6. The fraction of sp³-hybridized carbons (Fsp3) is 0.310. The molecule has 3 aromatic rings. The van der Waals surface area contributed by atoms with Gasteiger partial charge in [0.15, 0.2) is 0 Å². The van der Waals surface area contributed by atoms with Crippen LogP contribution in [0.3, 0.4) is 0 Å². The third kappa shape index (κ3) is 9.37. The van der Waals surface area contributed by atoms with E-state index in [4.69, 9.17) is 11.6 Å². The summed E-state index contributed by atoms with van der Waals surface area (Å²) in [4.78, 5) is 29.0. The van der Waals surface area contributed by atoms with Crippen molar-refractivity contribution in [3.05, 3.63) is 99.5 Å². The first kappa shape index (κ1) is 30.7. The van der Waals surface area contributed by atoms with Gasteiger partial charge in [0.1, 0.15) is 12.6 Å². The molecule has 3 aromatic carbocycles. The molecule has 0 aliphatic rings. The van der Waals surface area contributed by atoms with Crippen molar-refractivity contribution in [2.75, 3.05) is 23.7 Å². The molecule has 0 saturated heterocycles. The molecule has 0 bridgehead atoms. The summed E-state index contributed by atoms with van der Waals surface area (Å²) >= 11 is 9.43. The van der Waals surface area contributed by atoms with Crippen LogP contribution in [0.15, 0.2) is 83.3 Å². The van der Waals surface area contributed by atoms with Crippen molar-refractivity contribution in [2.24, 2.45) is 5.92 Å². The van der Waals surface area contributed by atoms with Crippen LogP contribution in [-0.4, -0.2) is 50.5 Å². The Hall–Kier alpha value is -2.88. The van der Waals surface area contributed by atoms with Gasteiger partial charge in [0.2, 0.25) is 21.8 Å². The van der Waals surface area contributed by atoms with E-state index in [9.17, 15) is 18.0 Å². The molecule has 10 heteroatoms. The molecule has 1 atom stereocenters. The van der Waals surface area contributed by atoms with Crippen LogP contribution in [0.1, 0.15) is 25.0 Å². The minimum absolute atomic E-state index is 0.0978. The van der Waals surface area contributed by atoms with Gasteiger partial charge in [-0.25, -0.2) is 8.42 Å². The number of anilines is 1. The third-order valence-corrected chi connectivity index (χ3v) is 7.94. The summed E-state index contributed by atoms with van der Waals surface area (Å²) in [6, 6.07) is 22.2. The topological polar surface area (TPSA) is 86.8 Å². The maximum atomic E-state index is 14.0. The maximum Gasteiger partial charge on any atom is 0.244 e. The second kappa shape index (κ2) is 14.0. The lowest BCUT2D eigenvalue weighted by Gasteiger charge is -2.33. The van der Waals surface area contributed by atoms with Crippen LogP contribution in [0.5, 0.6) is 0 Å². The number of carbonyl (C=O) groups is 2. The third-order valence-electron chi connectivity index (χ3n) is 6.02. The van der Waals surface area contributed by atoms with Crippen molar-refractivity contribution in [1.29, 1.82) is 0 Å². The molecule has 3 rings (SSSR count). The van der Waals surface area contributed by atoms with Gasteiger partial charge in [-0.1, -0.05) is 83.8 Å². The lowest BCUT2D eigenvalue weighted by Crippen LogP contribution is -2.53. The number of rotatable bonds is 12. The number of nitrogens with one attached hydrogen (secondary N) is 1. The molecule has 208 valence electrons. The lowest BCUT2D eigenvalue weighted by atomic mass is 10.0. The molecular weight excluding hydrogens is 602 g/mol. The van der Waals surface area contributed by atoms with Crippen molar-refractivity contribution in [3.8, 4) is 0 Å². The van der Waals surface area contributed by atoms with Gasteiger partial charge >= 0.3 is 0 Å². The number of carbonyl (C=O) groups excluding carboxylic acids is 2. The van der Waals surface area contributed by atoms with E-state index in [1.165, 1.54) is 4.90 Å². The Kier molecular flexibility index (Phi) is 11.0. The number of sulfonamides is 1. The summed E-state index contributed by atoms with van der Waals surface area (Å²) < 4.78 is 27.4. The van der Waals surface area contributed by atoms with Crippen LogP contribution in [0.25, 0.3) is 0 Å². The zero-order valence-electron chi connectivity index (χ0n) is 22.2. The summed E-state index contributed by atoms with van der Waals surface area (Å²) in [7, 11) is -3.81. The molecule has 7 nitrogen and oxygen atoms in total. The average Bonchev–Trinajstić information content (AvgIpc) is 2.89. The van der Waals surface area contributed by atoms with E-state index in [2.05, 4.69) is 21.2 Å². The summed E-state index contributed by atoms with van der Waals surface area (Å²) in [5, 5.41) is 3.51. The monoisotopic (exact) mass is 633 g/mol. The number of hydrogen-bond acceptors (Lipinski definition) is 4. The summed E-state index contributed by atoms with van der Waals surface area (Å²) in [6.45, 7) is 4.06. The van der Waals surface area contributed by atoms with Gasteiger partial charge in [-0.3, -0.25) is 13.9 Å². The Morgan fingerprint density at radius 1 is 0.923 bits per heavy atom. The first-order chi connectivity index (χ1) is 18.4. The second-order valence-electron chi connectivity index (χ2n) is 9.74. The highest BCUT2D eigenvalue weighted by molar-refractivity contribution is 9.10. The van der Waals surface area contributed by atoms with Crippen molar-refractivity contribution in [3.63, 3.8) is 0 Å². The minimum Gasteiger partial charge on any atom is -0.354 e. The van der Waals surface area contributed by atoms with Gasteiger partial charge in [0, 0.05) is 29.0 Å². The van der Waals surface area contributed by atoms with E-state index < -0.39 is 28.5 Å². The van der Waals surface area contributed by atoms with Gasteiger partial charge in [0.25, 0.3) is 0 Å². The van der Waals surface area contributed by atoms with Crippen molar-refractivity contribution < 1.29 is 18.0 Å². The van der Waals surface area contributed by atoms with Crippen molar-refractivity contribution in [2.45, 2.75) is 32.9 Å². The summed E-state index contributed by atoms with van der Waals surface area (Å²) in [5.41, 5.74) is 1.99. The van der Waals surface area contributed by atoms with Gasteiger partial charge in [-0.05, 0) is 53.4 Å². The van der Waals surface area contributed by atoms with Crippen LogP contribution in [0.4, 0.5) is 5.69 Å². The Labute approximate surface area is 244 Å². The van der Waals surface area contributed by atoms with Crippen LogP contribution in [0, 0.1) is 5.92 Å². The van der Waals surface area contributed by atoms with E-state index in [-0.39, 0.29) is 24.8 Å². The number of amides is 2. The molecule has 1 N–H and O–H groups in total. The predicted molar refractivity (Wildman–Crippen MR) is 160 cm³/mol. The fourth-order valence-corrected chi connectivity index (χ4v) is 5.22. The molecule has 39 heavy (non-hydrogen) atoms. The van der Waals surface area contributed by atoms with Crippen molar-refractivity contribution in [1.82, 2.24) is 10.2 Å². The fourth-order valence-electron chi connectivity index (χ4n) is 3.98. The van der Waals surface area contributed by atoms with E-state index in [0.717, 1.165) is 26.2 Å². The van der Waals surface area contributed by atoms with Gasteiger partial charge in [-0.15, -0.1) is 0 Å². The Balaban J connectivity index is 2.03. The highest BCUT2D eigenvalue weighted by Gasteiger charge is 2.33. The van der Waals surface area contributed by atoms with E-state index >= 15 is 0 Å². The highest BCUT2D eigenvalue weighted by atomic mass is 79.9. The first-order valence-electron chi connectivity index (χ1n) is 12.5. The average molecular weight is 635 g/mol. The SMILES string of the molecule is CC(C)CNC(=O)C(Cc1ccccc1)N(Cc1ccc(Cl)cc1)C(=O)CN(c1ccc(Br)cc1)S(C)(=O)=O. The second-order valence-corrected chi connectivity index (χ2v) is 13.0. The van der Waals surface area contributed by atoms with Crippen LogP contribution < -0.4 is 9.62 Å². The Morgan fingerprint density at radius 3 is 2.10 bits per heavy atom. The molecule has 0 heterocycles. The van der Waals surface area contributed by atoms with E-state index in [1.54, 1.807) is 48.5 Å². The Morgan fingerprint density at radius 2 is 1.54 bits per heavy atom. The molecule has 2 amide bonds. The summed E-state index contributed by atoms with van der Waals surface area (Å²) in [6.07, 6.45) is 1.32. The van der Waals surface area contributed by atoms with E-state index in [1.807, 2.05) is 44.2 Å². The van der Waals surface area contributed by atoms with Crippen LogP contribution in [-0.2, 0) is 32.6 Å². The number of hydrogen-bond donors (Lipinski definition) is 1. The number of nitrogens with zero attached hydrogens (tertiary/aromatic N) is 2. The number of benzene rings is 3. The molecule has 0 saturated carbocycles. The number of halogens is 2. The smallest absolute Gasteiger partial charge is 0.244 e. The molecule has 1 unspecified atom stereocenters. The molecule has 0 aliphatic heterocycles. The molecule has 0 fully saturated rings. The van der Waals surface area contributed by atoms with Crippen molar-refractivity contribution >= 4 is 55.1 Å². The standard InChI is InChI=1S/C29H33BrClN3O4S/c1-21(2)18-32-29(36)27(17-22-7-5-4-6-8-22)33(19-23-9-13-25(31)14-10-23)28(35)20-34(39(3,37)38)26-15-11-24(30)12-16-26/h4-16,21,27H,17-20H2,1-3H3,(H,32,36). The normalized spacial score (nSPS) is 12.2. The van der Waals surface area contributed by atoms with Gasteiger partial charge < -0.3 is 10.2 Å². The first-order valence-corrected chi connectivity index (χ1v) is 15.5. The highest BCUT2D eigenvalue weighted by Crippen LogP contribution is 2.23. The van der Waals surface area contributed by atoms with Crippen LogP contribution in [0.2, 0.25) is 5.02 Å². The van der Waals surface area contributed by atoms with Crippen LogP contribution >= 0.6 is 27.5 Å². The van der Waals surface area contributed by atoms with Gasteiger partial charge in [0.05, 0.1) is 11.9 Å². The molecule has 0 radical (unpaired) electrons. The maximum absolute atomic E-state index is 14.0. The molecule has 0 aliphatic carbocycles. The quantitative estimate of drug-likeness (QED) is 0.294. The molecule has 0 aromatic heterocycles.